The fourth-order valence-electron chi connectivity index (χ4n) is 2.34. The molecule has 0 unspecified atom stereocenters. The highest BCUT2D eigenvalue weighted by atomic mass is 32.1. The van der Waals surface area contributed by atoms with E-state index >= 15 is 0 Å². The molecule has 1 amide bonds. The lowest BCUT2D eigenvalue weighted by atomic mass is 10.1. The van der Waals surface area contributed by atoms with Gasteiger partial charge in [0.05, 0.1) is 4.92 Å². The summed E-state index contributed by atoms with van der Waals surface area (Å²) in [4.78, 5) is 22.7. The van der Waals surface area contributed by atoms with Crippen molar-refractivity contribution in [1.29, 1.82) is 0 Å². The van der Waals surface area contributed by atoms with E-state index in [-0.39, 0.29) is 16.6 Å². The number of amides is 1. The molecular weight excluding hydrogens is 386 g/mol. The number of nitro benzene ring substituents is 1. The first-order chi connectivity index (χ1) is 13.5. The molecule has 3 aromatic rings. The first-order valence-corrected chi connectivity index (χ1v) is 8.62. The molecule has 28 heavy (non-hydrogen) atoms. The number of carbonyl (C=O) groups is 1. The minimum absolute atomic E-state index is 0.00111. The standard InChI is InChI=1S/C16H15N7O4S/c1-2-8-22-15(19-20-21-22)18-16(28)17-14(24)13-7-6-12(27-13)10-4-3-5-11(9-10)23(25)26/h3-7,9H,2,8H2,1H3,(H2,17,18,19,21,24,28). The SMILES string of the molecule is CCCn1nnnc1NC(=S)NC(=O)c1ccc(-c2cccc([N+](=O)[O-])c2)o1. The number of hydrogen-bond donors (Lipinski definition) is 2. The van der Waals surface area contributed by atoms with Gasteiger partial charge < -0.3 is 4.42 Å². The Morgan fingerprint density at radius 1 is 1.36 bits per heavy atom. The maximum Gasteiger partial charge on any atom is 0.293 e. The molecule has 2 aromatic heterocycles. The van der Waals surface area contributed by atoms with Gasteiger partial charge in [-0.3, -0.25) is 25.5 Å². The number of furan rings is 1. The summed E-state index contributed by atoms with van der Waals surface area (Å²) in [5, 5.41) is 27.3. The van der Waals surface area contributed by atoms with Crippen LogP contribution in [0.5, 0.6) is 0 Å². The highest BCUT2D eigenvalue weighted by Gasteiger charge is 2.16. The summed E-state index contributed by atoms with van der Waals surface area (Å²) >= 11 is 5.10. The minimum atomic E-state index is -0.580. The number of benzene rings is 1. The summed E-state index contributed by atoms with van der Waals surface area (Å²) in [7, 11) is 0. The van der Waals surface area contributed by atoms with Crippen LogP contribution < -0.4 is 10.6 Å². The number of rotatable bonds is 6. The van der Waals surface area contributed by atoms with E-state index < -0.39 is 10.8 Å². The maximum absolute atomic E-state index is 12.3. The van der Waals surface area contributed by atoms with Crippen molar-refractivity contribution in [2.24, 2.45) is 0 Å². The first-order valence-electron chi connectivity index (χ1n) is 8.21. The van der Waals surface area contributed by atoms with Crippen LogP contribution >= 0.6 is 12.2 Å². The maximum atomic E-state index is 12.3. The van der Waals surface area contributed by atoms with Gasteiger partial charge in [0.15, 0.2) is 10.9 Å². The number of hydrogen-bond acceptors (Lipinski definition) is 8. The average molecular weight is 401 g/mol. The average Bonchev–Trinajstić information content (AvgIpc) is 3.32. The third kappa shape index (κ3) is 4.35. The molecule has 3 rings (SSSR count). The summed E-state index contributed by atoms with van der Waals surface area (Å²) in [5.41, 5.74) is 0.405. The predicted molar refractivity (Wildman–Crippen MR) is 103 cm³/mol. The summed E-state index contributed by atoms with van der Waals surface area (Å²) in [6.07, 6.45) is 0.825. The van der Waals surface area contributed by atoms with Crippen molar-refractivity contribution in [2.45, 2.75) is 19.9 Å². The van der Waals surface area contributed by atoms with Crippen LogP contribution in [0.3, 0.4) is 0 Å². The summed E-state index contributed by atoms with van der Waals surface area (Å²) in [6, 6.07) is 8.92. The molecule has 144 valence electrons. The number of tetrazole rings is 1. The summed E-state index contributed by atoms with van der Waals surface area (Å²) in [5.74, 6) is 0.0472. The summed E-state index contributed by atoms with van der Waals surface area (Å²) < 4.78 is 7.02. The van der Waals surface area contributed by atoms with Gasteiger partial charge in [0.25, 0.3) is 11.6 Å². The van der Waals surface area contributed by atoms with E-state index in [4.69, 9.17) is 16.6 Å². The number of non-ortho nitro benzene ring substituents is 1. The van der Waals surface area contributed by atoms with Gasteiger partial charge in [-0.25, -0.2) is 4.68 Å². The Balaban J connectivity index is 1.67. The highest BCUT2D eigenvalue weighted by Crippen LogP contribution is 2.25. The number of nitrogens with zero attached hydrogens (tertiary/aromatic N) is 5. The molecule has 0 aliphatic heterocycles. The zero-order valence-corrected chi connectivity index (χ0v) is 15.5. The van der Waals surface area contributed by atoms with Crippen LogP contribution in [-0.4, -0.2) is 36.2 Å². The zero-order chi connectivity index (χ0) is 20.1. The number of thiocarbonyl (C=S) groups is 1. The van der Waals surface area contributed by atoms with Crippen molar-refractivity contribution >= 4 is 34.9 Å². The molecule has 0 saturated carbocycles. The van der Waals surface area contributed by atoms with Crippen LogP contribution in [0.2, 0.25) is 0 Å². The van der Waals surface area contributed by atoms with Crippen LogP contribution in [0.1, 0.15) is 23.9 Å². The second-order valence-electron chi connectivity index (χ2n) is 5.61. The fraction of sp³-hybridized carbons (Fsp3) is 0.188. The molecule has 0 saturated heterocycles. The topological polar surface area (TPSA) is 141 Å². The molecule has 1 aromatic carbocycles. The van der Waals surface area contributed by atoms with Crippen LogP contribution in [0, 0.1) is 10.1 Å². The van der Waals surface area contributed by atoms with Crippen LogP contribution in [0.4, 0.5) is 11.6 Å². The summed E-state index contributed by atoms with van der Waals surface area (Å²) in [6.45, 7) is 2.57. The second-order valence-corrected chi connectivity index (χ2v) is 6.01. The number of anilines is 1. The molecule has 0 atom stereocenters. The van der Waals surface area contributed by atoms with Crippen LogP contribution in [0.25, 0.3) is 11.3 Å². The Morgan fingerprint density at radius 2 is 2.18 bits per heavy atom. The van der Waals surface area contributed by atoms with E-state index in [9.17, 15) is 14.9 Å². The zero-order valence-electron chi connectivity index (χ0n) is 14.7. The second kappa shape index (κ2) is 8.35. The number of nitro groups is 1. The van der Waals surface area contributed by atoms with Crippen molar-refractivity contribution in [2.75, 3.05) is 5.32 Å². The molecule has 0 aliphatic carbocycles. The van der Waals surface area contributed by atoms with Gasteiger partial charge in [0.2, 0.25) is 5.95 Å². The molecule has 11 nitrogen and oxygen atoms in total. The minimum Gasteiger partial charge on any atom is -0.451 e. The van der Waals surface area contributed by atoms with Gasteiger partial charge >= 0.3 is 0 Å². The Kier molecular flexibility index (Phi) is 5.69. The van der Waals surface area contributed by atoms with Gasteiger partial charge in [-0.1, -0.05) is 24.2 Å². The van der Waals surface area contributed by atoms with Crippen molar-refractivity contribution in [1.82, 2.24) is 25.5 Å². The van der Waals surface area contributed by atoms with Crippen molar-refractivity contribution < 1.29 is 14.1 Å². The Bertz CT molecular complexity index is 1030. The Hall–Kier alpha value is -3.67. The molecular formula is C16H15N7O4S. The normalized spacial score (nSPS) is 10.5. The predicted octanol–water partition coefficient (Wildman–Crippen LogP) is 2.38. The Morgan fingerprint density at radius 3 is 2.93 bits per heavy atom. The van der Waals surface area contributed by atoms with Gasteiger partial charge in [-0.05, 0) is 41.2 Å². The van der Waals surface area contributed by atoms with Gasteiger partial charge in [0, 0.05) is 24.2 Å². The number of aryl methyl sites for hydroxylation is 1. The van der Waals surface area contributed by atoms with E-state index in [1.165, 1.54) is 28.9 Å². The fourth-order valence-corrected chi connectivity index (χ4v) is 2.53. The number of carbonyl (C=O) groups excluding carboxylic acids is 1. The molecule has 12 heteroatoms. The van der Waals surface area contributed by atoms with Crippen molar-refractivity contribution in [3.8, 4) is 11.3 Å². The van der Waals surface area contributed by atoms with Crippen molar-refractivity contribution in [3.63, 3.8) is 0 Å². The molecule has 0 fully saturated rings. The van der Waals surface area contributed by atoms with E-state index in [0.29, 0.717) is 23.8 Å². The lowest BCUT2D eigenvalue weighted by Gasteiger charge is -2.07. The lowest BCUT2D eigenvalue weighted by molar-refractivity contribution is -0.384. The van der Waals surface area contributed by atoms with Gasteiger partial charge in [0.1, 0.15) is 5.76 Å². The van der Waals surface area contributed by atoms with Crippen molar-refractivity contribution in [3.05, 3.63) is 52.3 Å². The monoisotopic (exact) mass is 401 g/mol. The van der Waals surface area contributed by atoms with E-state index in [1.807, 2.05) is 6.92 Å². The number of aromatic nitrogens is 4. The van der Waals surface area contributed by atoms with E-state index in [1.54, 1.807) is 12.1 Å². The smallest absolute Gasteiger partial charge is 0.293 e. The molecule has 0 aliphatic rings. The van der Waals surface area contributed by atoms with Crippen LogP contribution in [0.15, 0.2) is 40.8 Å². The number of nitrogens with one attached hydrogen (secondary N) is 2. The largest absolute Gasteiger partial charge is 0.451 e. The van der Waals surface area contributed by atoms with E-state index in [2.05, 4.69) is 26.2 Å². The lowest BCUT2D eigenvalue weighted by Crippen LogP contribution is -2.34. The molecule has 2 heterocycles. The molecule has 0 spiro atoms. The highest BCUT2D eigenvalue weighted by molar-refractivity contribution is 7.80. The Labute approximate surface area is 163 Å². The van der Waals surface area contributed by atoms with Gasteiger partial charge in [-0.15, -0.1) is 0 Å². The third-order valence-electron chi connectivity index (χ3n) is 3.59. The third-order valence-corrected chi connectivity index (χ3v) is 3.80. The quantitative estimate of drug-likeness (QED) is 0.362. The molecule has 0 bridgehead atoms. The van der Waals surface area contributed by atoms with Crippen LogP contribution in [-0.2, 0) is 6.54 Å². The molecule has 2 N–H and O–H groups in total. The molecule has 0 radical (unpaired) electrons. The first kappa shape index (κ1) is 19.1. The van der Waals surface area contributed by atoms with Gasteiger partial charge in [-0.2, -0.15) is 0 Å². The van der Waals surface area contributed by atoms with E-state index in [0.717, 1.165) is 6.42 Å².